The Labute approximate surface area is 306 Å². The SMILES string of the molecule is Cc1cc(C)c(-c2cnn(-c3cccc(Oc4ccc5c6ccc7c(c8ccccc8n7-c7ccccc7)c6n(-c6ccccn6)c5c4)c3)c2)c(C)c1. The molecular formula is C47H35N5O. The highest BCUT2D eigenvalue weighted by molar-refractivity contribution is 6.26. The van der Waals surface area contributed by atoms with Crippen molar-refractivity contribution in [2.75, 3.05) is 0 Å². The highest BCUT2D eigenvalue weighted by Gasteiger charge is 2.21. The summed E-state index contributed by atoms with van der Waals surface area (Å²) in [5, 5.41) is 9.42. The van der Waals surface area contributed by atoms with Gasteiger partial charge in [0.2, 0.25) is 0 Å². The first-order valence-electron chi connectivity index (χ1n) is 17.9. The molecule has 10 rings (SSSR count). The van der Waals surface area contributed by atoms with Crippen LogP contribution in [0.2, 0.25) is 0 Å². The third-order valence-electron chi connectivity index (χ3n) is 10.3. The predicted octanol–water partition coefficient (Wildman–Crippen LogP) is 11.8. The standard InChI is InChI=1S/C47H35N5O/c1-30-24-31(2)45(32(3)25-30)33-28-49-50(29-33)35-14-11-15-36(26-35)53-37-19-20-38-39-21-22-42-46(47(39)52(43(38)27-37)44-18-9-10-23-48-44)40-16-7-8-17-41(40)51(42)34-12-5-4-6-13-34/h4-29H,1-3H3. The van der Waals surface area contributed by atoms with Gasteiger partial charge in [0, 0.05) is 57.3 Å². The molecule has 0 bridgehead atoms. The lowest BCUT2D eigenvalue weighted by molar-refractivity contribution is 0.483. The molecule has 4 heterocycles. The van der Waals surface area contributed by atoms with Crippen molar-refractivity contribution in [3.8, 4) is 39.8 Å². The second kappa shape index (κ2) is 12.1. The van der Waals surface area contributed by atoms with E-state index in [-0.39, 0.29) is 0 Å². The van der Waals surface area contributed by atoms with E-state index in [2.05, 4.69) is 145 Å². The molecule has 53 heavy (non-hydrogen) atoms. The number of ether oxygens (including phenoxy) is 1. The largest absolute Gasteiger partial charge is 0.457 e. The lowest BCUT2D eigenvalue weighted by Gasteiger charge is -2.11. The van der Waals surface area contributed by atoms with Gasteiger partial charge in [-0.05, 0) is 98.1 Å². The van der Waals surface area contributed by atoms with Gasteiger partial charge in [-0.2, -0.15) is 5.10 Å². The summed E-state index contributed by atoms with van der Waals surface area (Å²) in [5.74, 6) is 2.32. The molecule has 0 spiro atoms. The summed E-state index contributed by atoms with van der Waals surface area (Å²) in [6.45, 7) is 6.47. The summed E-state index contributed by atoms with van der Waals surface area (Å²) >= 11 is 0. The van der Waals surface area contributed by atoms with Crippen LogP contribution < -0.4 is 4.74 Å². The van der Waals surface area contributed by atoms with Crippen LogP contribution >= 0.6 is 0 Å². The summed E-state index contributed by atoms with van der Waals surface area (Å²) in [6.07, 6.45) is 5.89. The van der Waals surface area contributed by atoms with Gasteiger partial charge in [-0.15, -0.1) is 0 Å². The molecule has 10 aromatic rings. The summed E-state index contributed by atoms with van der Waals surface area (Å²) in [5.41, 5.74) is 12.6. The van der Waals surface area contributed by atoms with Crippen LogP contribution in [0.3, 0.4) is 0 Å². The number of benzene rings is 6. The van der Waals surface area contributed by atoms with Gasteiger partial charge in [0.15, 0.2) is 0 Å². The second-order valence-corrected chi connectivity index (χ2v) is 13.8. The minimum atomic E-state index is 0.732. The fourth-order valence-electron chi connectivity index (χ4n) is 8.23. The number of aryl methyl sites for hydroxylation is 3. The van der Waals surface area contributed by atoms with Crippen LogP contribution in [-0.4, -0.2) is 23.9 Å². The number of pyridine rings is 1. The van der Waals surface area contributed by atoms with E-state index in [1.165, 1.54) is 33.0 Å². The van der Waals surface area contributed by atoms with E-state index < -0.39 is 0 Å². The van der Waals surface area contributed by atoms with Crippen molar-refractivity contribution in [3.05, 3.63) is 175 Å². The smallest absolute Gasteiger partial charge is 0.137 e. The van der Waals surface area contributed by atoms with Crippen molar-refractivity contribution in [1.29, 1.82) is 0 Å². The Bertz CT molecular complexity index is 2980. The van der Waals surface area contributed by atoms with E-state index in [0.29, 0.717) is 0 Å². The number of fused-ring (bicyclic) bond motifs is 7. The number of para-hydroxylation sites is 2. The molecule has 254 valence electrons. The average molecular weight is 686 g/mol. The van der Waals surface area contributed by atoms with E-state index in [4.69, 9.17) is 14.8 Å². The Kier molecular flexibility index (Phi) is 7.05. The van der Waals surface area contributed by atoms with Gasteiger partial charge in [-0.25, -0.2) is 9.67 Å². The maximum atomic E-state index is 6.62. The highest BCUT2D eigenvalue weighted by Crippen LogP contribution is 2.43. The monoisotopic (exact) mass is 685 g/mol. The number of hydrogen-bond donors (Lipinski definition) is 0. The summed E-state index contributed by atoms with van der Waals surface area (Å²) in [6, 6.07) is 48.7. The Hall–Kier alpha value is -6.92. The van der Waals surface area contributed by atoms with Gasteiger partial charge in [-0.3, -0.25) is 4.57 Å². The Morgan fingerprint density at radius 3 is 2.13 bits per heavy atom. The molecule has 0 unspecified atom stereocenters. The first-order chi connectivity index (χ1) is 26.0. The number of hydrogen-bond acceptors (Lipinski definition) is 3. The zero-order valence-electron chi connectivity index (χ0n) is 29.7. The Morgan fingerprint density at radius 2 is 1.30 bits per heavy atom. The molecule has 6 nitrogen and oxygen atoms in total. The van der Waals surface area contributed by atoms with Gasteiger partial charge in [0.25, 0.3) is 0 Å². The van der Waals surface area contributed by atoms with Crippen LogP contribution in [0.15, 0.2) is 158 Å². The van der Waals surface area contributed by atoms with E-state index in [1.54, 1.807) is 0 Å². The molecule has 0 amide bonds. The molecule has 0 saturated carbocycles. The summed E-state index contributed by atoms with van der Waals surface area (Å²) in [7, 11) is 0. The van der Waals surface area contributed by atoms with Crippen molar-refractivity contribution in [3.63, 3.8) is 0 Å². The molecular weight excluding hydrogens is 651 g/mol. The van der Waals surface area contributed by atoms with E-state index in [1.807, 2.05) is 47.4 Å². The molecule has 0 atom stereocenters. The maximum absolute atomic E-state index is 6.62. The average Bonchev–Trinajstić information content (AvgIpc) is 3.88. The quantitative estimate of drug-likeness (QED) is 0.175. The van der Waals surface area contributed by atoms with Crippen molar-refractivity contribution in [1.82, 2.24) is 23.9 Å². The molecule has 0 N–H and O–H groups in total. The number of nitrogens with zero attached hydrogens (tertiary/aromatic N) is 5. The fourth-order valence-corrected chi connectivity index (χ4v) is 8.23. The van der Waals surface area contributed by atoms with E-state index in [9.17, 15) is 0 Å². The van der Waals surface area contributed by atoms with Gasteiger partial charge in [0.1, 0.15) is 17.3 Å². The number of rotatable bonds is 6. The van der Waals surface area contributed by atoms with Crippen LogP contribution in [-0.2, 0) is 0 Å². The topological polar surface area (TPSA) is 49.8 Å². The first-order valence-corrected chi connectivity index (χ1v) is 17.9. The van der Waals surface area contributed by atoms with Crippen molar-refractivity contribution >= 4 is 43.6 Å². The Balaban J connectivity index is 1.11. The fraction of sp³-hybridized carbons (Fsp3) is 0.0638. The predicted molar refractivity (Wildman–Crippen MR) is 216 cm³/mol. The lowest BCUT2D eigenvalue weighted by atomic mass is 9.96. The zero-order chi connectivity index (χ0) is 35.6. The zero-order valence-corrected chi connectivity index (χ0v) is 29.7. The van der Waals surface area contributed by atoms with Gasteiger partial charge >= 0.3 is 0 Å². The second-order valence-electron chi connectivity index (χ2n) is 13.8. The lowest BCUT2D eigenvalue weighted by Crippen LogP contribution is -1.97. The van der Waals surface area contributed by atoms with Crippen molar-refractivity contribution < 1.29 is 4.74 Å². The molecule has 4 aromatic heterocycles. The summed E-state index contributed by atoms with van der Waals surface area (Å²) < 4.78 is 13.2. The van der Waals surface area contributed by atoms with Crippen LogP contribution in [0.5, 0.6) is 11.5 Å². The van der Waals surface area contributed by atoms with Gasteiger partial charge < -0.3 is 9.30 Å². The first kappa shape index (κ1) is 30.9. The minimum Gasteiger partial charge on any atom is -0.457 e. The normalized spacial score (nSPS) is 11.7. The van der Waals surface area contributed by atoms with Crippen LogP contribution in [0.1, 0.15) is 16.7 Å². The van der Waals surface area contributed by atoms with Crippen LogP contribution in [0.4, 0.5) is 0 Å². The van der Waals surface area contributed by atoms with Crippen molar-refractivity contribution in [2.45, 2.75) is 20.8 Å². The van der Waals surface area contributed by atoms with Gasteiger partial charge in [-0.1, -0.05) is 72.3 Å². The third-order valence-corrected chi connectivity index (χ3v) is 10.3. The molecule has 0 radical (unpaired) electrons. The maximum Gasteiger partial charge on any atom is 0.137 e. The Morgan fingerprint density at radius 1 is 0.547 bits per heavy atom. The van der Waals surface area contributed by atoms with Crippen LogP contribution in [0, 0.1) is 20.8 Å². The highest BCUT2D eigenvalue weighted by atomic mass is 16.5. The van der Waals surface area contributed by atoms with Crippen LogP contribution in [0.25, 0.3) is 71.9 Å². The molecule has 0 aliphatic heterocycles. The molecule has 6 aromatic carbocycles. The van der Waals surface area contributed by atoms with Crippen molar-refractivity contribution in [2.24, 2.45) is 0 Å². The third kappa shape index (κ3) is 5.02. The van der Waals surface area contributed by atoms with E-state index >= 15 is 0 Å². The number of aromatic nitrogens is 5. The van der Waals surface area contributed by atoms with E-state index in [0.717, 1.165) is 67.1 Å². The molecule has 0 fully saturated rings. The molecule has 0 aliphatic rings. The molecule has 0 aliphatic carbocycles. The molecule has 6 heteroatoms. The van der Waals surface area contributed by atoms with Gasteiger partial charge in [0.05, 0.1) is 34.0 Å². The summed E-state index contributed by atoms with van der Waals surface area (Å²) in [4.78, 5) is 4.88. The minimum absolute atomic E-state index is 0.732. The molecule has 0 saturated heterocycles.